The molecule has 25 heavy (non-hydrogen) atoms. The molecule has 0 saturated carbocycles. The van der Waals surface area contributed by atoms with Gasteiger partial charge in [-0.05, 0) is 19.4 Å². The third kappa shape index (κ3) is 5.26. The van der Waals surface area contributed by atoms with E-state index in [1.165, 1.54) is 0 Å². The fraction of sp³-hybridized carbons (Fsp3) is 0.471. The van der Waals surface area contributed by atoms with E-state index in [4.69, 9.17) is 10.3 Å². The van der Waals surface area contributed by atoms with Gasteiger partial charge < -0.3 is 15.6 Å². The molecule has 2 heterocycles. The molecule has 3 N–H and O–H groups in total. The molecule has 2 aromatic rings. The highest BCUT2D eigenvalue weighted by molar-refractivity contribution is 5.85. The van der Waals surface area contributed by atoms with Gasteiger partial charge in [0.25, 0.3) is 0 Å². The van der Waals surface area contributed by atoms with Crippen LogP contribution in [0.1, 0.15) is 18.7 Å². The number of aromatic nitrogens is 2. The van der Waals surface area contributed by atoms with Crippen molar-refractivity contribution in [3.8, 4) is 11.4 Å². The van der Waals surface area contributed by atoms with E-state index in [0.29, 0.717) is 37.9 Å². The highest BCUT2D eigenvalue weighted by Gasteiger charge is 2.26. The second-order valence-corrected chi connectivity index (χ2v) is 6.03. The van der Waals surface area contributed by atoms with Crippen LogP contribution in [0.3, 0.4) is 0 Å². The first kappa shape index (κ1) is 19.4. The fourth-order valence-electron chi connectivity index (χ4n) is 2.97. The third-order valence-corrected chi connectivity index (χ3v) is 4.18. The van der Waals surface area contributed by atoms with Gasteiger partial charge in [0.15, 0.2) is 0 Å². The standard InChI is InChI=1S/C17H23N5O2.ClH/c18-8-9-19-17(23)14-7-4-10-22(11-14)12-15-20-16(21-24-15)13-5-2-1-3-6-13;/h1-3,5-6,14H,4,7-12,18H2,(H,19,23);1H. The van der Waals surface area contributed by atoms with Crippen molar-refractivity contribution in [1.29, 1.82) is 0 Å². The molecule has 1 unspecified atom stereocenters. The Kier molecular flexibility index (Phi) is 7.36. The van der Waals surface area contributed by atoms with Crippen LogP contribution in [-0.4, -0.2) is 47.1 Å². The summed E-state index contributed by atoms with van der Waals surface area (Å²) in [4.78, 5) is 18.7. The Hall–Kier alpha value is -1.96. The number of nitrogens with one attached hydrogen (secondary N) is 1. The number of likely N-dealkylation sites (tertiary alicyclic amines) is 1. The molecule has 8 heteroatoms. The van der Waals surface area contributed by atoms with Gasteiger partial charge >= 0.3 is 0 Å². The molecule has 1 fully saturated rings. The normalized spacial score (nSPS) is 17.7. The van der Waals surface area contributed by atoms with Gasteiger partial charge in [0.1, 0.15) is 0 Å². The van der Waals surface area contributed by atoms with Gasteiger partial charge in [-0.2, -0.15) is 4.98 Å². The van der Waals surface area contributed by atoms with Gasteiger partial charge in [0.2, 0.25) is 17.6 Å². The van der Waals surface area contributed by atoms with Gasteiger partial charge in [-0.3, -0.25) is 9.69 Å². The van der Waals surface area contributed by atoms with Crippen LogP contribution in [0.15, 0.2) is 34.9 Å². The summed E-state index contributed by atoms with van der Waals surface area (Å²) in [6.07, 6.45) is 1.90. The zero-order chi connectivity index (χ0) is 16.8. The SMILES string of the molecule is Cl.NCCNC(=O)C1CCCN(Cc2nc(-c3ccccc3)no2)C1. The Morgan fingerprint density at radius 1 is 1.36 bits per heavy atom. The molecule has 7 nitrogen and oxygen atoms in total. The second-order valence-electron chi connectivity index (χ2n) is 6.03. The smallest absolute Gasteiger partial charge is 0.241 e. The highest BCUT2D eigenvalue weighted by atomic mass is 35.5. The number of nitrogens with two attached hydrogens (primary N) is 1. The lowest BCUT2D eigenvalue weighted by molar-refractivity contribution is -0.126. The quantitative estimate of drug-likeness (QED) is 0.804. The van der Waals surface area contributed by atoms with Crippen molar-refractivity contribution in [1.82, 2.24) is 20.4 Å². The maximum atomic E-state index is 12.1. The molecule has 0 spiro atoms. The van der Waals surface area contributed by atoms with E-state index in [0.717, 1.165) is 24.9 Å². The van der Waals surface area contributed by atoms with Crippen molar-refractivity contribution in [2.75, 3.05) is 26.2 Å². The summed E-state index contributed by atoms with van der Waals surface area (Å²) in [5.74, 6) is 1.26. The van der Waals surface area contributed by atoms with Crippen LogP contribution in [0.2, 0.25) is 0 Å². The Morgan fingerprint density at radius 3 is 2.92 bits per heavy atom. The zero-order valence-electron chi connectivity index (χ0n) is 14.1. The Balaban J connectivity index is 0.00000225. The van der Waals surface area contributed by atoms with Gasteiger partial charge in [-0.1, -0.05) is 35.5 Å². The van der Waals surface area contributed by atoms with Gasteiger partial charge in [-0.15, -0.1) is 12.4 Å². The van der Waals surface area contributed by atoms with E-state index in [1.807, 2.05) is 30.3 Å². The lowest BCUT2D eigenvalue weighted by atomic mass is 9.97. The molecule has 1 amide bonds. The summed E-state index contributed by atoms with van der Waals surface area (Å²) < 4.78 is 5.36. The first-order valence-electron chi connectivity index (χ1n) is 8.34. The molecule has 136 valence electrons. The molecule has 1 saturated heterocycles. The second kappa shape index (κ2) is 9.50. The minimum atomic E-state index is 0. The topological polar surface area (TPSA) is 97.3 Å². The lowest BCUT2D eigenvalue weighted by Gasteiger charge is -2.30. The number of carbonyl (C=O) groups is 1. The number of benzene rings is 1. The minimum absolute atomic E-state index is 0. The van der Waals surface area contributed by atoms with Gasteiger partial charge in [0.05, 0.1) is 12.5 Å². The van der Waals surface area contributed by atoms with Crippen LogP contribution in [0, 0.1) is 5.92 Å². The average Bonchev–Trinajstić information content (AvgIpc) is 3.09. The summed E-state index contributed by atoms with van der Waals surface area (Å²) in [5, 5.41) is 6.91. The number of amides is 1. The summed E-state index contributed by atoms with van der Waals surface area (Å²) in [5.41, 5.74) is 6.37. The molecule has 0 bridgehead atoms. The van der Waals surface area contributed by atoms with E-state index >= 15 is 0 Å². The largest absolute Gasteiger partial charge is 0.355 e. The Morgan fingerprint density at radius 2 is 2.16 bits per heavy atom. The first-order valence-corrected chi connectivity index (χ1v) is 8.34. The van der Waals surface area contributed by atoms with E-state index in [2.05, 4.69) is 20.4 Å². The Bertz CT molecular complexity index is 664. The van der Waals surface area contributed by atoms with E-state index in [-0.39, 0.29) is 24.2 Å². The van der Waals surface area contributed by atoms with Crippen molar-refractivity contribution < 1.29 is 9.32 Å². The van der Waals surface area contributed by atoms with Crippen LogP contribution >= 0.6 is 12.4 Å². The molecular formula is C17H24ClN5O2. The predicted molar refractivity (Wildman–Crippen MR) is 97.0 cm³/mol. The monoisotopic (exact) mass is 365 g/mol. The molecule has 1 atom stereocenters. The maximum absolute atomic E-state index is 12.1. The zero-order valence-corrected chi connectivity index (χ0v) is 14.9. The minimum Gasteiger partial charge on any atom is -0.355 e. The van der Waals surface area contributed by atoms with Crippen molar-refractivity contribution in [2.45, 2.75) is 19.4 Å². The van der Waals surface area contributed by atoms with Crippen LogP contribution < -0.4 is 11.1 Å². The van der Waals surface area contributed by atoms with E-state index in [9.17, 15) is 4.79 Å². The predicted octanol–water partition coefficient (Wildman–Crippen LogP) is 1.45. The number of carbonyl (C=O) groups excluding carboxylic acids is 1. The summed E-state index contributed by atoms with van der Waals surface area (Å²) in [6, 6.07) is 9.75. The fourth-order valence-corrected chi connectivity index (χ4v) is 2.97. The van der Waals surface area contributed by atoms with Crippen molar-refractivity contribution >= 4 is 18.3 Å². The first-order chi connectivity index (χ1) is 11.8. The van der Waals surface area contributed by atoms with Crippen molar-refractivity contribution in [3.05, 3.63) is 36.2 Å². The summed E-state index contributed by atoms with van der Waals surface area (Å²) in [7, 11) is 0. The molecule has 1 aliphatic heterocycles. The average molecular weight is 366 g/mol. The number of rotatable bonds is 6. The van der Waals surface area contributed by atoms with Crippen LogP contribution in [0.25, 0.3) is 11.4 Å². The lowest BCUT2D eigenvalue weighted by Crippen LogP contribution is -2.43. The summed E-state index contributed by atoms with van der Waals surface area (Å²) >= 11 is 0. The maximum Gasteiger partial charge on any atom is 0.241 e. The number of piperidine rings is 1. The van der Waals surface area contributed by atoms with Crippen LogP contribution in [0.4, 0.5) is 0 Å². The molecular weight excluding hydrogens is 342 g/mol. The van der Waals surface area contributed by atoms with Crippen LogP contribution in [-0.2, 0) is 11.3 Å². The highest BCUT2D eigenvalue weighted by Crippen LogP contribution is 2.20. The van der Waals surface area contributed by atoms with E-state index in [1.54, 1.807) is 0 Å². The van der Waals surface area contributed by atoms with E-state index < -0.39 is 0 Å². The van der Waals surface area contributed by atoms with Gasteiger partial charge in [0, 0.05) is 25.2 Å². The van der Waals surface area contributed by atoms with Crippen molar-refractivity contribution in [3.63, 3.8) is 0 Å². The number of nitrogens with zero attached hydrogens (tertiary/aromatic N) is 3. The number of hydrogen-bond acceptors (Lipinski definition) is 6. The van der Waals surface area contributed by atoms with Gasteiger partial charge in [-0.25, -0.2) is 0 Å². The molecule has 1 aromatic heterocycles. The summed E-state index contributed by atoms with van der Waals surface area (Å²) in [6.45, 7) is 3.20. The Labute approximate surface area is 153 Å². The number of hydrogen-bond donors (Lipinski definition) is 2. The molecule has 1 aliphatic rings. The molecule has 0 radical (unpaired) electrons. The third-order valence-electron chi connectivity index (χ3n) is 4.18. The van der Waals surface area contributed by atoms with Crippen LogP contribution in [0.5, 0.6) is 0 Å². The molecule has 3 rings (SSSR count). The number of halogens is 1. The van der Waals surface area contributed by atoms with Crippen molar-refractivity contribution in [2.24, 2.45) is 11.7 Å². The molecule has 0 aliphatic carbocycles. The molecule has 1 aromatic carbocycles.